The van der Waals surface area contributed by atoms with Crippen molar-refractivity contribution in [1.29, 1.82) is 0 Å². The normalized spacial score (nSPS) is 17.1. The van der Waals surface area contributed by atoms with Gasteiger partial charge in [-0.25, -0.2) is 4.39 Å². The Balaban J connectivity index is 1.70. The van der Waals surface area contributed by atoms with Gasteiger partial charge in [-0.1, -0.05) is 31.0 Å². The fourth-order valence-corrected chi connectivity index (χ4v) is 2.73. The standard InChI is InChI=1S/C17H27FN4/c1-19-17(21-14-15-8-4-5-9-16(15)18)20-10-13-22-11-6-2-3-7-12-22/h4-5,8-9H,2-3,6-7,10-14H2,1H3,(H2,19,20,21). The fourth-order valence-electron chi connectivity index (χ4n) is 2.73. The van der Waals surface area contributed by atoms with Crippen LogP contribution in [0.4, 0.5) is 4.39 Å². The number of likely N-dealkylation sites (tertiary alicyclic amines) is 1. The lowest BCUT2D eigenvalue weighted by Gasteiger charge is -2.20. The summed E-state index contributed by atoms with van der Waals surface area (Å²) in [5.41, 5.74) is 0.651. The molecule has 1 aliphatic heterocycles. The molecule has 1 fully saturated rings. The average molecular weight is 306 g/mol. The summed E-state index contributed by atoms with van der Waals surface area (Å²) in [7, 11) is 1.74. The molecule has 4 nitrogen and oxygen atoms in total. The third-order valence-electron chi connectivity index (χ3n) is 4.05. The Hall–Kier alpha value is -1.62. The van der Waals surface area contributed by atoms with Crippen molar-refractivity contribution in [3.8, 4) is 0 Å². The van der Waals surface area contributed by atoms with E-state index >= 15 is 0 Å². The van der Waals surface area contributed by atoms with Crippen molar-refractivity contribution in [3.63, 3.8) is 0 Å². The van der Waals surface area contributed by atoms with Crippen LogP contribution in [0.2, 0.25) is 0 Å². The zero-order chi connectivity index (χ0) is 15.6. The van der Waals surface area contributed by atoms with Crippen molar-refractivity contribution in [2.24, 2.45) is 4.99 Å². The number of aliphatic imine (C=N–C) groups is 1. The average Bonchev–Trinajstić information content (AvgIpc) is 2.81. The van der Waals surface area contributed by atoms with Gasteiger partial charge in [0.2, 0.25) is 0 Å². The van der Waals surface area contributed by atoms with E-state index in [4.69, 9.17) is 0 Å². The number of guanidine groups is 1. The Morgan fingerprint density at radius 3 is 2.55 bits per heavy atom. The van der Waals surface area contributed by atoms with Crippen LogP contribution in [0.3, 0.4) is 0 Å². The Labute approximate surface area is 132 Å². The first kappa shape index (κ1) is 16.7. The van der Waals surface area contributed by atoms with Gasteiger partial charge in [0.05, 0.1) is 0 Å². The monoisotopic (exact) mass is 306 g/mol. The molecule has 0 amide bonds. The summed E-state index contributed by atoms with van der Waals surface area (Å²) < 4.78 is 13.6. The first-order valence-electron chi connectivity index (χ1n) is 8.20. The second kappa shape index (κ2) is 9.41. The molecule has 22 heavy (non-hydrogen) atoms. The molecule has 0 unspecified atom stereocenters. The third-order valence-corrected chi connectivity index (χ3v) is 4.05. The van der Waals surface area contributed by atoms with Crippen LogP contribution in [-0.2, 0) is 6.54 Å². The number of hydrogen-bond acceptors (Lipinski definition) is 2. The van der Waals surface area contributed by atoms with Gasteiger partial charge in [-0.05, 0) is 32.0 Å². The molecule has 1 heterocycles. The molecule has 0 saturated carbocycles. The van der Waals surface area contributed by atoms with Gasteiger partial charge in [0.1, 0.15) is 5.82 Å². The van der Waals surface area contributed by atoms with Crippen LogP contribution >= 0.6 is 0 Å². The van der Waals surface area contributed by atoms with Crippen LogP contribution in [0.5, 0.6) is 0 Å². The lowest BCUT2D eigenvalue weighted by atomic mass is 10.2. The van der Waals surface area contributed by atoms with E-state index in [1.54, 1.807) is 19.2 Å². The molecule has 0 radical (unpaired) electrons. The van der Waals surface area contributed by atoms with Crippen molar-refractivity contribution in [2.45, 2.75) is 32.2 Å². The molecular formula is C17H27FN4. The third kappa shape index (κ3) is 5.64. The molecule has 0 atom stereocenters. The highest BCUT2D eigenvalue weighted by Gasteiger charge is 2.08. The quantitative estimate of drug-likeness (QED) is 0.648. The van der Waals surface area contributed by atoms with E-state index in [1.165, 1.54) is 44.8 Å². The number of halogens is 1. The number of rotatable bonds is 5. The van der Waals surface area contributed by atoms with Gasteiger partial charge < -0.3 is 15.5 Å². The smallest absolute Gasteiger partial charge is 0.191 e. The molecule has 1 saturated heterocycles. The number of nitrogens with zero attached hydrogens (tertiary/aromatic N) is 2. The van der Waals surface area contributed by atoms with E-state index in [2.05, 4.69) is 20.5 Å². The highest BCUT2D eigenvalue weighted by molar-refractivity contribution is 5.79. The minimum atomic E-state index is -0.185. The van der Waals surface area contributed by atoms with Crippen molar-refractivity contribution in [1.82, 2.24) is 15.5 Å². The van der Waals surface area contributed by atoms with Gasteiger partial charge in [-0.15, -0.1) is 0 Å². The van der Waals surface area contributed by atoms with Crippen molar-refractivity contribution in [3.05, 3.63) is 35.6 Å². The summed E-state index contributed by atoms with van der Waals surface area (Å²) in [6.07, 6.45) is 5.33. The summed E-state index contributed by atoms with van der Waals surface area (Å²) in [6.45, 7) is 4.72. The van der Waals surface area contributed by atoms with Crippen LogP contribution < -0.4 is 10.6 Å². The topological polar surface area (TPSA) is 39.7 Å². The maximum Gasteiger partial charge on any atom is 0.191 e. The Kier molecular flexibility index (Phi) is 7.16. The number of benzene rings is 1. The zero-order valence-corrected chi connectivity index (χ0v) is 13.4. The molecule has 2 rings (SSSR count). The van der Waals surface area contributed by atoms with E-state index in [1.807, 2.05) is 6.07 Å². The molecule has 0 aromatic heterocycles. The van der Waals surface area contributed by atoms with Crippen LogP contribution in [-0.4, -0.2) is 44.1 Å². The number of nitrogens with one attached hydrogen (secondary N) is 2. The molecule has 0 spiro atoms. The maximum atomic E-state index is 13.6. The van der Waals surface area contributed by atoms with Crippen molar-refractivity contribution >= 4 is 5.96 Å². The molecule has 1 aliphatic rings. The van der Waals surface area contributed by atoms with E-state index in [-0.39, 0.29) is 5.82 Å². The van der Waals surface area contributed by atoms with Crippen molar-refractivity contribution < 1.29 is 4.39 Å². The van der Waals surface area contributed by atoms with E-state index in [9.17, 15) is 4.39 Å². The second-order valence-electron chi connectivity index (χ2n) is 5.70. The van der Waals surface area contributed by atoms with Crippen molar-refractivity contribution in [2.75, 3.05) is 33.2 Å². The molecule has 5 heteroatoms. The summed E-state index contributed by atoms with van der Waals surface area (Å²) in [5, 5.41) is 6.46. The predicted molar refractivity (Wildman–Crippen MR) is 89.5 cm³/mol. The molecule has 0 aliphatic carbocycles. The summed E-state index contributed by atoms with van der Waals surface area (Å²) in [6, 6.07) is 6.81. The summed E-state index contributed by atoms with van der Waals surface area (Å²) >= 11 is 0. The highest BCUT2D eigenvalue weighted by Crippen LogP contribution is 2.08. The molecule has 2 N–H and O–H groups in total. The molecule has 1 aromatic rings. The minimum absolute atomic E-state index is 0.185. The van der Waals surface area contributed by atoms with Crippen LogP contribution in [0.25, 0.3) is 0 Å². The zero-order valence-electron chi connectivity index (χ0n) is 13.4. The highest BCUT2D eigenvalue weighted by atomic mass is 19.1. The summed E-state index contributed by atoms with van der Waals surface area (Å²) in [5.74, 6) is 0.535. The molecule has 0 bridgehead atoms. The number of hydrogen-bond donors (Lipinski definition) is 2. The molecule has 122 valence electrons. The minimum Gasteiger partial charge on any atom is -0.355 e. The fraction of sp³-hybridized carbons (Fsp3) is 0.588. The van der Waals surface area contributed by atoms with E-state index in [0.29, 0.717) is 12.1 Å². The maximum absolute atomic E-state index is 13.6. The van der Waals surface area contributed by atoms with Gasteiger partial charge in [0, 0.05) is 32.2 Å². The Morgan fingerprint density at radius 1 is 1.14 bits per heavy atom. The van der Waals surface area contributed by atoms with Crippen LogP contribution in [0.15, 0.2) is 29.3 Å². The first-order chi connectivity index (χ1) is 10.8. The van der Waals surface area contributed by atoms with Gasteiger partial charge in [-0.3, -0.25) is 4.99 Å². The summed E-state index contributed by atoms with van der Waals surface area (Å²) in [4.78, 5) is 6.69. The van der Waals surface area contributed by atoms with Gasteiger partial charge in [0.25, 0.3) is 0 Å². The van der Waals surface area contributed by atoms with Crippen LogP contribution in [0.1, 0.15) is 31.2 Å². The second-order valence-corrected chi connectivity index (χ2v) is 5.70. The predicted octanol–water partition coefficient (Wildman–Crippen LogP) is 2.37. The largest absolute Gasteiger partial charge is 0.355 e. The first-order valence-corrected chi connectivity index (χ1v) is 8.20. The SMILES string of the molecule is CN=C(NCCN1CCCCCC1)NCc1ccccc1F. The van der Waals surface area contributed by atoms with Gasteiger partial charge >= 0.3 is 0 Å². The lowest BCUT2D eigenvalue weighted by Crippen LogP contribution is -2.41. The Morgan fingerprint density at radius 2 is 1.86 bits per heavy atom. The molecular weight excluding hydrogens is 279 g/mol. The lowest BCUT2D eigenvalue weighted by molar-refractivity contribution is 0.289. The van der Waals surface area contributed by atoms with Crippen LogP contribution in [0, 0.1) is 5.82 Å². The molecule has 1 aromatic carbocycles. The van der Waals surface area contributed by atoms with E-state index < -0.39 is 0 Å². The Bertz CT molecular complexity index is 467. The van der Waals surface area contributed by atoms with Gasteiger partial charge in [0.15, 0.2) is 5.96 Å². The van der Waals surface area contributed by atoms with Gasteiger partial charge in [-0.2, -0.15) is 0 Å². The van der Waals surface area contributed by atoms with E-state index in [0.717, 1.165) is 19.0 Å².